The molecule has 0 aliphatic heterocycles. The van der Waals surface area contributed by atoms with Crippen LogP contribution in [-0.4, -0.2) is 26.2 Å². The van der Waals surface area contributed by atoms with Gasteiger partial charge in [-0.3, -0.25) is 0 Å². The van der Waals surface area contributed by atoms with Crippen LogP contribution in [0.2, 0.25) is 0 Å². The molecule has 0 aliphatic rings. The second-order valence-corrected chi connectivity index (χ2v) is 5.78. The normalized spacial score (nSPS) is 10.4. The summed E-state index contributed by atoms with van der Waals surface area (Å²) in [7, 11) is 0. The molecule has 0 fully saturated rings. The minimum absolute atomic E-state index is 0. The predicted octanol–water partition coefficient (Wildman–Crippen LogP) is -0.107. The lowest BCUT2D eigenvalue weighted by Crippen LogP contribution is -3.12. The van der Waals surface area contributed by atoms with Crippen molar-refractivity contribution in [2.45, 2.75) is 27.2 Å². The summed E-state index contributed by atoms with van der Waals surface area (Å²) >= 11 is 0. The fourth-order valence-corrected chi connectivity index (χ4v) is 2.78. The van der Waals surface area contributed by atoms with Gasteiger partial charge >= 0.3 is 0 Å². The van der Waals surface area contributed by atoms with Gasteiger partial charge < -0.3 is 22.0 Å². The van der Waals surface area contributed by atoms with Crippen molar-refractivity contribution in [3.63, 3.8) is 0 Å². The molecule has 0 heterocycles. The molecule has 3 heteroatoms. The van der Waals surface area contributed by atoms with Gasteiger partial charge in [0.15, 0.2) is 0 Å². The first kappa shape index (κ1) is 19.5. The Kier molecular flexibility index (Phi) is 8.75. The second-order valence-electron chi connectivity index (χ2n) is 5.78. The molecule has 0 saturated heterocycles. The van der Waals surface area contributed by atoms with Crippen LogP contribution in [0.4, 0.5) is 0 Å². The topological polar surface area (TPSA) is 13.7 Å². The van der Waals surface area contributed by atoms with E-state index in [1.165, 1.54) is 16.7 Å². The van der Waals surface area contributed by atoms with Crippen molar-refractivity contribution in [2.75, 3.05) is 26.2 Å². The summed E-state index contributed by atoms with van der Waals surface area (Å²) in [6.07, 6.45) is 0.927. The standard InChI is InChI=1S/C20H27NO.ClH/c1-4-21(5-2)14-15-22-20-17(3)10-9-13-19(20)16-18-11-7-6-8-12-18;/h6-13H,4-5,14-16H2,1-3H3;1H. The molecule has 1 N–H and O–H groups in total. The number of halogens is 1. The van der Waals surface area contributed by atoms with Crippen molar-refractivity contribution in [1.29, 1.82) is 0 Å². The van der Waals surface area contributed by atoms with Crippen molar-refractivity contribution < 1.29 is 22.0 Å². The maximum absolute atomic E-state index is 6.15. The van der Waals surface area contributed by atoms with Gasteiger partial charge in [0.05, 0.1) is 13.1 Å². The molecule has 0 saturated carbocycles. The lowest BCUT2D eigenvalue weighted by Gasteiger charge is -2.18. The largest absolute Gasteiger partial charge is 1.00 e. The van der Waals surface area contributed by atoms with Crippen molar-refractivity contribution >= 4 is 0 Å². The Morgan fingerprint density at radius 1 is 0.913 bits per heavy atom. The van der Waals surface area contributed by atoms with Gasteiger partial charge in [0.1, 0.15) is 18.9 Å². The second kappa shape index (κ2) is 10.3. The number of hydrogen-bond acceptors (Lipinski definition) is 1. The number of rotatable bonds is 8. The molecular weight excluding hydrogens is 306 g/mol. The van der Waals surface area contributed by atoms with Crippen LogP contribution in [0.3, 0.4) is 0 Å². The minimum Gasteiger partial charge on any atom is -1.00 e. The number of ether oxygens (including phenoxy) is 1. The van der Waals surface area contributed by atoms with Gasteiger partial charge in [-0.2, -0.15) is 0 Å². The van der Waals surface area contributed by atoms with E-state index in [0.717, 1.165) is 38.4 Å². The molecule has 126 valence electrons. The number of benzene rings is 2. The van der Waals surface area contributed by atoms with Crippen LogP contribution in [0.25, 0.3) is 0 Å². The molecule has 0 unspecified atom stereocenters. The van der Waals surface area contributed by atoms with Gasteiger partial charge in [-0.05, 0) is 37.5 Å². The van der Waals surface area contributed by atoms with Crippen LogP contribution in [0.5, 0.6) is 5.75 Å². The highest BCUT2D eigenvalue weighted by Gasteiger charge is 2.09. The molecular formula is C20H28ClNO. The van der Waals surface area contributed by atoms with Gasteiger partial charge in [0, 0.05) is 6.42 Å². The van der Waals surface area contributed by atoms with Crippen LogP contribution in [0.15, 0.2) is 48.5 Å². The van der Waals surface area contributed by atoms with Crippen LogP contribution in [0.1, 0.15) is 30.5 Å². The molecule has 0 aliphatic carbocycles. The van der Waals surface area contributed by atoms with E-state index >= 15 is 0 Å². The number of likely N-dealkylation sites (N-methyl/N-ethyl adjacent to an activating group) is 1. The van der Waals surface area contributed by atoms with E-state index in [1.807, 2.05) is 0 Å². The molecule has 2 nitrogen and oxygen atoms in total. The van der Waals surface area contributed by atoms with Crippen molar-refractivity contribution in [3.05, 3.63) is 65.2 Å². The van der Waals surface area contributed by atoms with Crippen molar-refractivity contribution in [1.82, 2.24) is 0 Å². The molecule has 2 aromatic rings. The minimum atomic E-state index is 0. The van der Waals surface area contributed by atoms with Crippen LogP contribution in [0, 0.1) is 6.92 Å². The molecule has 0 radical (unpaired) electrons. The average Bonchev–Trinajstić information content (AvgIpc) is 2.55. The van der Waals surface area contributed by atoms with Gasteiger partial charge in [-0.25, -0.2) is 0 Å². The molecule has 0 amide bonds. The Morgan fingerprint density at radius 3 is 2.26 bits per heavy atom. The summed E-state index contributed by atoms with van der Waals surface area (Å²) in [6.45, 7) is 10.7. The third-order valence-electron chi connectivity index (χ3n) is 4.23. The fraction of sp³-hybridized carbons (Fsp3) is 0.400. The number of nitrogens with one attached hydrogen (secondary N) is 1. The Bertz CT molecular complexity index is 567. The highest BCUT2D eigenvalue weighted by Crippen LogP contribution is 2.25. The molecule has 0 bridgehead atoms. The monoisotopic (exact) mass is 333 g/mol. The van der Waals surface area contributed by atoms with E-state index in [4.69, 9.17) is 4.74 Å². The zero-order valence-corrected chi connectivity index (χ0v) is 15.2. The number of hydrogen-bond donors (Lipinski definition) is 1. The third kappa shape index (κ3) is 5.89. The number of aryl methyl sites for hydroxylation is 1. The zero-order chi connectivity index (χ0) is 15.8. The Hall–Kier alpha value is -1.51. The Morgan fingerprint density at radius 2 is 1.61 bits per heavy atom. The predicted molar refractivity (Wildman–Crippen MR) is 92.8 cm³/mol. The summed E-state index contributed by atoms with van der Waals surface area (Å²) in [4.78, 5) is 1.58. The summed E-state index contributed by atoms with van der Waals surface area (Å²) in [5.74, 6) is 1.07. The maximum Gasteiger partial charge on any atom is 0.137 e. The third-order valence-corrected chi connectivity index (χ3v) is 4.23. The van der Waals surface area contributed by atoms with E-state index < -0.39 is 0 Å². The van der Waals surface area contributed by atoms with Gasteiger partial charge in [0.25, 0.3) is 0 Å². The molecule has 0 atom stereocenters. The Balaban J connectivity index is 0.00000264. The van der Waals surface area contributed by atoms with Crippen molar-refractivity contribution in [3.8, 4) is 5.75 Å². The molecule has 2 rings (SSSR count). The first-order valence-corrected chi connectivity index (χ1v) is 8.33. The highest BCUT2D eigenvalue weighted by atomic mass is 35.5. The van der Waals surface area contributed by atoms with Gasteiger partial charge in [-0.15, -0.1) is 0 Å². The van der Waals surface area contributed by atoms with Crippen LogP contribution >= 0.6 is 0 Å². The number of para-hydroxylation sites is 1. The fourth-order valence-electron chi connectivity index (χ4n) is 2.78. The summed E-state index contributed by atoms with van der Waals surface area (Å²) in [5, 5.41) is 0. The van der Waals surface area contributed by atoms with Gasteiger partial charge in [0.2, 0.25) is 0 Å². The lowest BCUT2D eigenvalue weighted by molar-refractivity contribution is -0.896. The van der Waals surface area contributed by atoms with Crippen LogP contribution in [-0.2, 0) is 6.42 Å². The lowest BCUT2D eigenvalue weighted by atomic mass is 10.0. The molecule has 23 heavy (non-hydrogen) atoms. The molecule has 0 aromatic heterocycles. The maximum atomic E-state index is 6.15. The van der Waals surface area contributed by atoms with E-state index in [1.54, 1.807) is 4.90 Å². The van der Waals surface area contributed by atoms with E-state index in [2.05, 4.69) is 69.3 Å². The smallest absolute Gasteiger partial charge is 0.137 e. The first-order valence-electron chi connectivity index (χ1n) is 8.33. The summed E-state index contributed by atoms with van der Waals surface area (Å²) < 4.78 is 6.15. The average molecular weight is 334 g/mol. The summed E-state index contributed by atoms with van der Waals surface area (Å²) in [5.41, 5.74) is 3.83. The van der Waals surface area contributed by atoms with Crippen molar-refractivity contribution in [2.24, 2.45) is 0 Å². The first-order chi connectivity index (χ1) is 10.7. The molecule has 0 spiro atoms. The Labute approximate surface area is 146 Å². The molecule has 2 aromatic carbocycles. The zero-order valence-electron chi connectivity index (χ0n) is 14.4. The van der Waals surface area contributed by atoms with Gasteiger partial charge in [-0.1, -0.05) is 48.5 Å². The highest BCUT2D eigenvalue weighted by molar-refractivity contribution is 5.43. The quantitative estimate of drug-likeness (QED) is 0.712. The van der Waals surface area contributed by atoms with E-state index in [0.29, 0.717) is 0 Å². The SMILES string of the molecule is CC[NH+](CC)CCOc1c(C)cccc1Cc1ccccc1.[Cl-]. The van der Waals surface area contributed by atoms with E-state index in [9.17, 15) is 0 Å². The van der Waals surface area contributed by atoms with Crippen LogP contribution < -0.4 is 22.0 Å². The van der Waals surface area contributed by atoms with E-state index in [-0.39, 0.29) is 12.4 Å². The number of quaternary nitrogens is 1. The summed E-state index contributed by atoms with van der Waals surface area (Å²) in [6, 6.07) is 17.0.